The van der Waals surface area contributed by atoms with Crippen molar-refractivity contribution in [2.45, 2.75) is 456 Å². The summed E-state index contributed by atoms with van der Waals surface area (Å²) in [7, 11) is 0. The molecule has 0 rings (SSSR count). The fraction of sp³-hybridized carbons (Fsp3) is 0.948. The van der Waals surface area contributed by atoms with E-state index in [4.69, 9.17) is 4.74 Å². The SMILES string of the molecule is CCCCCCCC/C=C\CCCCCCCC(=O)OCCCCCCCCCCCCCCCCCCCCCCCCCCCCCCCCCCCCCCCCCC(=O)NC(CO)C(O)CCCCCCCCCCCCCC. The number of esters is 1. The topological polar surface area (TPSA) is 95.9 Å². The van der Waals surface area contributed by atoms with Crippen LogP contribution in [0.3, 0.4) is 0 Å². The fourth-order valence-electron chi connectivity index (χ4n) is 12.5. The predicted octanol–water partition coefficient (Wildman–Crippen LogP) is 25.1. The van der Waals surface area contributed by atoms with E-state index in [9.17, 15) is 19.8 Å². The molecule has 1 amide bonds. The normalized spacial score (nSPS) is 12.5. The van der Waals surface area contributed by atoms with Crippen LogP contribution in [0.15, 0.2) is 12.2 Å². The lowest BCUT2D eigenvalue weighted by Crippen LogP contribution is -2.45. The molecule has 0 saturated heterocycles. The van der Waals surface area contributed by atoms with Gasteiger partial charge >= 0.3 is 5.97 Å². The van der Waals surface area contributed by atoms with E-state index in [0.717, 1.165) is 44.9 Å². The molecule has 0 aromatic carbocycles. The molecule has 0 heterocycles. The third kappa shape index (κ3) is 69.6. The van der Waals surface area contributed by atoms with Crippen LogP contribution in [0.2, 0.25) is 0 Å². The van der Waals surface area contributed by atoms with Gasteiger partial charge in [0, 0.05) is 12.8 Å². The van der Waals surface area contributed by atoms with Gasteiger partial charge in [-0.1, -0.05) is 392 Å². The third-order valence-electron chi connectivity index (χ3n) is 18.3. The Kier molecular flexibility index (Phi) is 71.8. The largest absolute Gasteiger partial charge is 0.466 e. The highest BCUT2D eigenvalue weighted by Crippen LogP contribution is 2.20. The van der Waals surface area contributed by atoms with E-state index in [1.807, 2.05) is 0 Å². The number of carbonyl (C=O) groups excluding carboxylic acids is 2. The van der Waals surface area contributed by atoms with E-state index < -0.39 is 12.1 Å². The number of rotatable bonds is 73. The van der Waals surface area contributed by atoms with Gasteiger partial charge in [0.15, 0.2) is 0 Å². The van der Waals surface area contributed by atoms with Gasteiger partial charge in [0.1, 0.15) is 0 Å². The van der Waals surface area contributed by atoms with Crippen molar-refractivity contribution in [2.75, 3.05) is 13.2 Å². The Hall–Kier alpha value is -1.40. The number of ether oxygens (including phenoxy) is 1. The Bertz CT molecular complexity index is 1260. The van der Waals surface area contributed by atoms with Gasteiger partial charge in [0.05, 0.1) is 25.4 Å². The first kappa shape index (κ1) is 81.6. The van der Waals surface area contributed by atoms with E-state index in [1.165, 1.54) is 366 Å². The van der Waals surface area contributed by atoms with E-state index in [2.05, 4.69) is 31.3 Å². The number of hydrogen-bond acceptors (Lipinski definition) is 5. The molecular formula is C77H151NO5. The Labute approximate surface area is 520 Å². The van der Waals surface area contributed by atoms with Gasteiger partial charge in [0.2, 0.25) is 5.91 Å². The summed E-state index contributed by atoms with van der Waals surface area (Å²) in [5, 5.41) is 23.3. The van der Waals surface area contributed by atoms with Crippen molar-refractivity contribution in [1.29, 1.82) is 0 Å². The second-order valence-electron chi connectivity index (χ2n) is 26.7. The lowest BCUT2D eigenvalue weighted by molar-refractivity contribution is -0.143. The maximum atomic E-state index is 12.5. The molecule has 0 aliphatic heterocycles. The lowest BCUT2D eigenvalue weighted by atomic mass is 10.0. The summed E-state index contributed by atoms with van der Waals surface area (Å²) in [5.74, 6) is -0.00956. The first-order valence-corrected chi connectivity index (χ1v) is 38.4. The number of unbranched alkanes of at least 4 members (excludes halogenated alkanes) is 60. The zero-order chi connectivity index (χ0) is 59.9. The first-order chi connectivity index (χ1) is 41.0. The van der Waals surface area contributed by atoms with Crippen LogP contribution in [-0.4, -0.2) is 47.4 Å². The second kappa shape index (κ2) is 73.1. The van der Waals surface area contributed by atoms with Crippen molar-refractivity contribution < 1.29 is 24.5 Å². The monoisotopic (exact) mass is 1170 g/mol. The van der Waals surface area contributed by atoms with Crippen LogP contribution in [0.25, 0.3) is 0 Å². The predicted molar refractivity (Wildman–Crippen MR) is 366 cm³/mol. The molecule has 0 aromatic heterocycles. The number of aliphatic hydroxyl groups excluding tert-OH is 2. The standard InChI is InChI=1S/C77H151NO5/c1-3-5-7-9-11-13-15-17-43-47-51-55-59-63-67-71-77(82)83-72-68-64-60-56-52-48-45-42-40-38-36-34-32-30-28-26-24-22-20-18-19-21-23-25-27-29-31-33-35-37-39-41-44-46-50-54-58-62-66-70-76(81)78-74(73-79)75(80)69-65-61-57-53-49-16-14-12-10-8-6-4-2/h17,43,74-75,79-80H,3-16,18-42,44-73H2,1-2H3,(H,78,81)/b43-17-. The highest BCUT2D eigenvalue weighted by atomic mass is 16.5. The van der Waals surface area contributed by atoms with Crippen molar-refractivity contribution in [3.63, 3.8) is 0 Å². The Morgan fingerprint density at radius 2 is 0.566 bits per heavy atom. The van der Waals surface area contributed by atoms with E-state index >= 15 is 0 Å². The molecular weight excluding hydrogens is 1020 g/mol. The molecule has 6 heteroatoms. The third-order valence-corrected chi connectivity index (χ3v) is 18.3. The van der Waals surface area contributed by atoms with Crippen LogP contribution in [0, 0.1) is 0 Å². The van der Waals surface area contributed by atoms with Crippen molar-refractivity contribution in [3.05, 3.63) is 12.2 Å². The van der Waals surface area contributed by atoms with Gasteiger partial charge in [-0.3, -0.25) is 9.59 Å². The Balaban J connectivity index is 3.26. The lowest BCUT2D eigenvalue weighted by Gasteiger charge is -2.22. The van der Waals surface area contributed by atoms with Crippen LogP contribution in [0.4, 0.5) is 0 Å². The van der Waals surface area contributed by atoms with Crippen molar-refractivity contribution in [2.24, 2.45) is 0 Å². The highest BCUT2D eigenvalue weighted by molar-refractivity contribution is 5.76. The Morgan fingerprint density at radius 3 is 0.855 bits per heavy atom. The number of hydrogen-bond donors (Lipinski definition) is 3. The maximum absolute atomic E-state index is 12.5. The number of aliphatic hydroxyl groups is 2. The van der Waals surface area contributed by atoms with E-state index in [1.54, 1.807) is 0 Å². The van der Waals surface area contributed by atoms with Crippen molar-refractivity contribution in [3.8, 4) is 0 Å². The van der Waals surface area contributed by atoms with E-state index in [0.29, 0.717) is 25.9 Å². The number of carbonyl (C=O) groups is 2. The summed E-state index contributed by atoms with van der Waals surface area (Å²) < 4.78 is 5.50. The van der Waals surface area contributed by atoms with Gasteiger partial charge < -0.3 is 20.3 Å². The van der Waals surface area contributed by atoms with Gasteiger partial charge in [-0.05, 0) is 51.4 Å². The zero-order valence-corrected chi connectivity index (χ0v) is 56.7. The first-order valence-electron chi connectivity index (χ1n) is 38.4. The smallest absolute Gasteiger partial charge is 0.305 e. The minimum absolute atomic E-state index is 0.0170. The van der Waals surface area contributed by atoms with Gasteiger partial charge in [0.25, 0.3) is 0 Å². The molecule has 0 saturated carbocycles. The number of amides is 1. The molecule has 494 valence electrons. The summed E-state index contributed by atoms with van der Waals surface area (Å²) >= 11 is 0. The molecule has 3 N–H and O–H groups in total. The summed E-state index contributed by atoms with van der Waals surface area (Å²) in [5.41, 5.74) is 0. The fourth-order valence-corrected chi connectivity index (χ4v) is 12.5. The molecule has 0 bridgehead atoms. The highest BCUT2D eigenvalue weighted by Gasteiger charge is 2.20. The molecule has 2 unspecified atom stereocenters. The minimum Gasteiger partial charge on any atom is -0.466 e. The van der Waals surface area contributed by atoms with Gasteiger partial charge in [-0.15, -0.1) is 0 Å². The van der Waals surface area contributed by atoms with Crippen LogP contribution in [0.5, 0.6) is 0 Å². The molecule has 0 aromatic rings. The average molecular weight is 1170 g/mol. The minimum atomic E-state index is -0.658. The molecule has 0 spiro atoms. The second-order valence-corrected chi connectivity index (χ2v) is 26.7. The number of nitrogens with one attached hydrogen (secondary N) is 1. The molecule has 2 atom stereocenters. The molecule has 83 heavy (non-hydrogen) atoms. The van der Waals surface area contributed by atoms with Crippen LogP contribution in [-0.2, 0) is 14.3 Å². The number of allylic oxidation sites excluding steroid dienone is 2. The molecule has 0 aliphatic carbocycles. The van der Waals surface area contributed by atoms with Crippen LogP contribution in [0.1, 0.15) is 444 Å². The zero-order valence-electron chi connectivity index (χ0n) is 56.7. The summed E-state index contributed by atoms with van der Waals surface area (Å²) in [6.07, 6.45) is 91.7. The van der Waals surface area contributed by atoms with Gasteiger partial charge in [-0.2, -0.15) is 0 Å². The van der Waals surface area contributed by atoms with E-state index in [-0.39, 0.29) is 18.5 Å². The summed E-state index contributed by atoms with van der Waals surface area (Å²) in [6, 6.07) is -0.535. The Morgan fingerprint density at radius 1 is 0.325 bits per heavy atom. The van der Waals surface area contributed by atoms with Crippen molar-refractivity contribution in [1.82, 2.24) is 5.32 Å². The van der Waals surface area contributed by atoms with Crippen LogP contribution >= 0.6 is 0 Å². The van der Waals surface area contributed by atoms with Gasteiger partial charge in [-0.25, -0.2) is 0 Å². The quantitative estimate of drug-likeness (QED) is 0.0320. The average Bonchev–Trinajstić information content (AvgIpc) is 3.49. The molecule has 6 nitrogen and oxygen atoms in total. The summed E-state index contributed by atoms with van der Waals surface area (Å²) in [4.78, 5) is 24.6. The summed E-state index contributed by atoms with van der Waals surface area (Å²) in [6.45, 7) is 4.98. The van der Waals surface area contributed by atoms with Crippen LogP contribution < -0.4 is 5.32 Å². The molecule has 0 radical (unpaired) electrons. The molecule has 0 aliphatic rings. The van der Waals surface area contributed by atoms with Crippen molar-refractivity contribution >= 4 is 11.9 Å². The maximum Gasteiger partial charge on any atom is 0.305 e. The molecule has 0 fully saturated rings.